The van der Waals surface area contributed by atoms with Crippen LogP contribution in [0, 0.1) is 0 Å². The quantitative estimate of drug-likeness (QED) is 0.0836. The van der Waals surface area contributed by atoms with Crippen molar-refractivity contribution in [2.75, 3.05) is 17.7 Å². The van der Waals surface area contributed by atoms with Crippen molar-refractivity contribution in [3.63, 3.8) is 0 Å². The molecule has 6 rings (SSSR count). The maximum Gasteiger partial charge on any atom is 0.272 e. The third-order valence-corrected chi connectivity index (χ3v) is 8.76. The summed E-state index contributed by atoms with van der Waals surface area (Å²) >= 11 is 1.40. The standard InChI is InChI=1S/C39H32N4O4S/c1-47-31-16-10-15-30(24-31)42-39(46)36(26-11-4-2-5-12-26)48-32-21-19-29(20-22-32)41-38(45)35(43-37(44)27-13-6-3-7-14-27)23-28-25-40-34-18-9-8-17-33(28)34/h2-25,36,40H,1H3,(H,41,45)(H,42,46)(H,43,44)/b35-23-/t36-/m1/s1. The van der Waals surface area contributed by atoms with Gasteiger partial charge in [-0.3, -0.25) is 14.4 Å². The van der Waals surface area contributed by atoms with E-state index in [1.54, 1.807) is 61.8 Å². The van der Waals surface area contributed by atoms with Gasteiger partial charge in [0.2, 0.25) is 5.91 Å². The molecule has 0 saturated carbocycles. The first-order chi connectivity index (χ1) is 23.5. The average molecular weight is 653 g/mol. The van der Waals surface area contributed by atoms with E-state index in [2.05, 4.69) is 20.9 Å². The number of benzene rings is 5. The van der Waals surface area contributed by atoms with Gasteiger partial charge in [-0.2, -0.15) is 0 Å². The number of para-hydroxylation sites is 1. The number of ether oxygens (including phenoxy) is 1. The fraction of sp³-hybridized carbons (Fsp3) is 0.0513. The maximum atomic E-state index is 13.6. The lowest BCUT2D eigenvalue weighted by molar-refractivity contribution is -0.116. The van der Waals surface area contributed by atoms with Gasteiger partial charge >= 0.3 is 0 Å². The minimum atomic E-state index is -0.545. The highest BCUT2D eigenvalue weighted by Gasteiger charge is 2.23. The molecule has 0 aliphatic heterocycles. The van der Waals surface area contributed by atoms with Crippen molar-refractivity contribution in [1.82, 2.24) is 10.3 Å². The number of fused-ring (bicyclic) bond motifs is 1. The van der Waals surface area contributed by atoms with Crippen LogP contribution in [0.4, 0.5) is 11.4 Å². The number of aromatic amines is 1. The van der Waals surface area contributed by atoms with Gasteiger partial charge in [-0.25, -0.2) is 0 Å². The zero-order valence-electron chi connectivity index (χ0n) is 26.0. The van der Waals surface area contributed by atoms with Crippen LogP contribution >= 0.6 is 11.8 Å². The highest BCUT2D eigenvalue weighted by atomic mass is 32.2. The Morgan fingerprint density at radius 3 is 2.21 bits per heavy atom. The van der Waals surface area contributed by atoms with Crippen LogP contribution in [-0.4, -0.2) is 29.8 Å². The number of carbonyl (C=O) groups excluding carboxylic acids is 3. The van der Waals surface area contributed by atoms with E-state index in [1.165, 1.54) is 11.8 Å². The highest BCUT2D eigenvalue weighted by molar-refractivity contribution is 8.00. The summed E-state index contributed by atoms with van der Waals surface area (Å²) in [6, 6.07) is 40.5. The summed E-state index contributed by atoms with van der Waals surface area (Å²) in [7, 11) is 1.58. The van der Waals surface area contributed by atoms with Gasteiger partial charge in [-0.15, -0.1) is 11.8 Å². The third kappa shape index (κ3) is 7.83. The van der Waals surface area contributed by atoms with E-state index in [0.29, 0.717) is 22.7 Å². The molecule has 0 unspecified atom stereocenters. The number of amides is 3. The molecule has 0 aliphatic carbocycles. The third-order valence-electron chi connectivity index (χ3n) is 7.49. The first-order valence-electron chi connectivity index (χ1n) is 15.2. The molecule has 0 radical (unpaired) electrons. The van der Waals surface area contributed by atoms with Crippen molar-refractivity contribution in [3.8, 4) is 5.75 Å². The lowest BCUT2D eigenvalue weighted by Crippen LogP contribution is -2.30. The molecule has 5 aromatic carbocycles. The topological polar surface area (TPSA) is 112 Å². The monoisotopic (exact) mass is 652 g/mol. The Kier molecular flexibility index (Phi) is 9.98. The molecule has 3 amide bonds. The predicted molar refractivity (Wildman–Crippen MR) is 192 cm³/mol. The minimum Gasteiger partial charge on any atom is -0.497 e. The van der Waals surface area contributed by atoms with Crippen LogP contribution < -0.4 is 20.7 Å². The molecule has 238 valence electrons. The second kappa shape index (κ2) is 15.0. The second-order valence-electron chi connectivity index (χ2n) is 10.8. The van der Waals surface area contributed by atoms with Crippen LogP contribution in [0.3, 0.4) is 0 Å². The van der Waals surface area contributed by atoms with Gasteiger partial charge in [-0.1, -0.05) is 72.8 Å². The molecule has 6 aromatic rings. The van der Waals surface area contributed by atoms with E-state index in [9.17, 15) is 14.4 Å². The molecule has 9 heteroatoms. The number of hydrogen-bond donors (Lipinski definition) is 4. The number of nitrogens with one attached hydrogen (secondary N) is 4. The lowest BCUT2D eigenvalue weighted by Gasteiger charge is -2.18. The lowest BCUT2D eigenvalue weighted by atomic mass is 10.1. The Bertz CT molecular complexity index is 2080. The summed E-state index contributed by atoms with van der Waals surface area (Å²) in [4.78, 5) is 44.3. The summed E-state index contributed by atoms with van der Waals surface area (Å²) in [5, 5.41) is 9.07. The summed E-state index contributed by atoms with van der Waals surface area (Å²) in [5.74, 6) is -0.418. The number of rotatable bonds is 11. The molecule has 0 aliphatic rings. The molecule has 4 N–H and O–H groups in total. The van der Waals surface area contributed by atoms with Crippen molar-refractivity contribution < 1.29 is 19.1 Å². The number of anilines is 2. The molecule has 0 bridgehead atoms. The zero-order chi connectivity index (χ0) is 33.3. The SMILES string of the molecule is COc1cccc(NC(=O)[C@H](Sc2ccc(NC(=O)/C(=C/c3c[nH]c4ccccc34)NC(=O)c3ccccc3)cc2)c2ccccc2)c1. The Labute approximate surface area is 282 Å². The van der Waals surface area contributed by atoms with E-state index in [4.69, 9.17) is 4.74 Å². The normalized spacial score (nSPS) is 11.8. The summed E-state index contributed by atoms with van der Waals surface area (Å²) in [6.07, 6.45) is 3.46. The first kappa shape index (κ1) is 31.9. The zero-order valence-corrected chi connectivity index (χ0v) is 26.8. The Morgan fingerprint density at radius 1 is 0.750 bits per heavy atom. The summed E-state index contributed by atoms with van der Waals surface area (Å²) in [6.45, 7) is 0. The van der Waals surface area contributed by atoms with Crippen molar-refractivity contribution in [3.05, 3.63) is 162 Å². The van der Waals surface area contributed by atoms with Gasteiger partial charge in [0, 0.05) is 50.6 Å². The van der Waals surface area contributed by atoms with Gasteiger partial charge in [0.1, 0.15) is 16.7 Å². The van der Waals surface area contributed by atoms with Crippen molar-refractivity contribution in [2.45, 2.75) is 10.1 Å². The van der Waals surface area contributed by atoms with Gasteiger partial charge in [0.25, 0.3) is 11.8 Å². The first-order valence-corrected chi connectivity index (χ1v) is 16.1. The van der Waals surface area contributed by atoms with Crippen molar-refractivity contribution in [1.29, 1.82) is 0 Å². The number of hydrogen-bond acceptors (Lipinski definition) is 5. The smallest absolute Gasteiger partial charge is 0.272 e. The van der Waals surface area contributed by atoms with Crippen LogP contribution in [0.2, 0.25) is 0 Å². The van der Waals surface area contributed by atoms with Gasteiger partial charge in [-0.05, 0) is 66.2 Å². The van der Waals surface area contributed by atoms with Crippen molar-refractivity contribution >= 4 is 57.8 Å². The molecule has 0 saturated heterocycles. The number of H-pyrrole nitrogens is 1. The molecule has 48 heavy (non-hydrogen) atoms. The number of thioether (sulfide) groups is 1. The van der Waals surface area contributed by atoms with E-state index in [-0.39, 0.29) is 11.6 Å². The largest absolute Gasteiger partial charge is 0.497 e. The van der Waals surface area contributed by atoms with Gasteiger partial charge < -0.3 is 25.7 Å². The average Bonchev–Trinajstić information content (AvgIpc) is 3.54. The number of methoxy groups -OCH3 is 1. The van der Waals surface area contributed by atoms with Crippen LogP contribution in [0.15, 0.2) is 150 Å². The Balaban J connectivity index is 1.20. The molecule has 1 heterocycles. The fourth-order valence-electron chi connectivity index (χ4n) is 5.07. The Morgan fingerprint density at radius 2 is 1.46 bits per heavy atom. The van der Waals surface area contributed by atoms with Crippen LogP contribution in [-0.2, 0) is 9.59 Å². The number of aromatic nitrogens is 1. The van der Waals surface area contributed by atoms with E-state index >= 15 is 0 Å². The summed E-state index contributed by atoms with van der Waals surface area (Å²) < 4.78 is 5.30. The molecular weight excluding hydrogens is 621 g/mol. The van der Waals surface area contributed by atoms with Crippen LogP contribution in [0.5, 0.6) is 5.75 Å². The molecule has 0 spiro atoms. The van der Waals surface area contributed by atoms with E-state index in [0.717, 1.165) is 26.9 Å². The molecule has 8 nitrogen and oxygen atoms in total. The van der Waals surface area contributed by atoms with E-state index in [1.807, 2.05) is 91.0 Å². The predicted octanol–water partition coefficient (Wildman–Crippen LogP) is 8.06. The molecule has 1 aromatic heterocycles. The fourth-order valence-corrected chi connectivity index (χ4v) is 6.10. The Hall–Kier alpha value is -6.06. The second-order valence-corrected chi connectivity index (χ2v) is 12.0. The molecular formula is C39H32N4O4S. The number of carbonyl (C=O) groups is 3. The van der Waals surface area contributed by atoms with Gasteiger partial charge in [0.15, 0.2) is 0 Å². The highest BCUT2D eigenvalue weighted by Crippen LogP contribution is 2.37. The minimum absolute atomic E-state index is 0.0883. The van der Waals surface area contributed by atoms with Crippen LogP contribution in [0.1, 0.15) is 26.7 Å². The van der Waals surface area contributed by atoms with Crippen molar-refractivity contribution in [2.24, 2.45) is 0 Å². The van der Waals surface area contributed by atoms with Crippen LogP contribution in [0.25, 0.3) is 17.0 Å². The van der Waals surface area contributed by atoms with Gasteiger partial charge in [0.05, 0.1) is 7.11 Å². The molecule has 1 atom stereocenters. The van der Waals surface area contributed by atoms with E-state index < -0.39 is 17.1 Å². The summed E-state index contributed by atoms with van der Waals surface area (Å²) in [5.41, 5.74) is 4.20. The molecule has 0 fully saturated rings. The maximum absolute atomic E-state index is 13.6.